The van der Waals surface area contributed by atoms with Gasteiger partial charge < -0.3 is 15.2 Å². The number of thiophene rings is 1. The number of ether oxygens (including phenoxy) is 1. The first-order chi connectivity index (χ1) is 12.3. The van der Waals surface area contributed by atoms with Crippen LogP contribution < -0.4 is 10.0 Å². The van der Waals surface area contributed by atoms with Crippen LogP contribution in [0.1, 0.15) is 24.9 Å². The Bertz CT molecular complexity index is 892. The summed E-state index contributed by atoms with van der Waals surface area (Å²) in [6.45, 7) is 0.512. The fraction of sp³-hybridized carbons (Fsp3) is 0.250. The molecule has 0 spiro atoms. The fourth-order valence-corrected chi connectivity index (χ4v) is 3.87. The Hall–Kier alpha value is -2.27. The molecule has 0 aliphatic rings. The molecule has 0 bridgehead atoms. The van der Waals surface area contributed by atoms with Gasteiger partial charge in [-0.1, -0.05) is 6.07 Å². The van der Waals surface area contributed by atoms with E-state index in [2.05, 4.69) is 10.0 Å². The number of benzene rings is 1. The van der Waals surface area contributed by atoms with Crippen molar-refractivity contribution in [2.75, 3.05) is 20.3 Å². The number of carboxylic acids is 1. The van der Waals surface area contributed by atoms with Gasteiger partial charge in [0, 0.05) is 24.1 Å². The topological polar surface area (TPSA) is 122 Å². The number of nitrogens with one attached hydrogen (secondary N) is 2. The van der Waals surface area contributed by atoms with Crippen molar-refractivity contribution in [1.29, 1.82) is 0 Å². The van der Waals surface area contributed by atoms with Crippen LogP contribution in [-0.4, -0.2) is 45.7 Å². The summed E-state index contributed by atoms with van der Waals surface area (Å²) >= 11 is 1.06. The van der Waals surface area contributed by atoms with Gasteiger partial charge in [-0.25, -0.2) is 17.9 Å². The lowest BCUT2D eigenvalue weighted by atomic mass is 10.2. The van der Waals surface area contributed by atoms with Gasteiger partial charge in [-0.05, 0) is 30.3 Å². The van der Waals surface area contributed by atoms with E-state index >= 15 is 0 Å². The van der Waals surface area contributed by atoms with Gasteiger partial charge in [0.1, 0.15) is 4.88 Å². The second-order valence-corrected chi connectivity index (χ2v) is 8.11. The number of rotatable bonds is 9. The molecule has 2 rings (SSSR count). The minimum atomic E-state index is -3.74. The fourth-order valence-electron chi connectivity index (χ4n) is 2.02. The molecule has 1 aromatic carbocycles. The molecule has 0 atom stereocenters. The summed E-state index contributed by atoms with van der Waals surface area (Å²) in [7, 11) is -2.27. The first-order valence-corrected chi connectivity index (χ1v) is 9.82. The molecule has 1 aromatic heterocycles. The minimum absolute atomic E-state index is 0.0226. The third-order valence-corrected chi connectivity index (χ3v) is 5.83. The van der Waals surface area contributed by atoms with Crippen molar-refractivity contribution < 1.29 is 27.9 Å². The molecule has 0 radical (unpaired) electrons. The summed E-state index contributed by atoms with van der Waals surface area (Å²) in [4.78, 5) is 23.9. The molecule has 10 heteroatoms. The lowest BCUT2D eigenvalue weighted by Crippen LogP contribution is -2.28. The van der Waals surface area contributed by atoms with Gasteiger partial charge in [0.25, 0.3) is 5.91 Å². The molecule has 0 aliphatic carbocycles. The molecule has 8 nitrogen and oxygen atoms in total. The maximum atomic E-state index is 12.2. The predicted molar refractivity (Wildman–Crippen MR) is 96.0 cm³/mol. The van der Waals surface area contributed by atoms with Gasteiger partial charge in [-0.2, -0.15) is 0 Å². The highest BCUT2D eigenvalue weighted by atomic mass is 32.2. The van der Waals surface area contributed by atoms with Crippen LogP contribution in [0, 0.1) is 0 Å². The maximum absolute atomic E-state index is 12.2. The molecule has 0 saturated heterocycles. The molecule has 1 heterocycles. The summed E-state index contributed by atoms with van der Waals surface area (Å²) in [5.41, 5.74) is 0.189. The molecule has 0 unspecified atom stereocenters. The predicted octanol–water partition coefficient (Wildman–Crippen LogP) is 1.30. The van der Waals surface area contributed by atoms with Gasteiger partial charge in [-0.3, -0.25) is 4.79 Å². The first kappa shape index (κ1) is 20.0. The Morgan fingerprint density at radius 2 is 2.00 bits per heavy atom. The monoisotopic (exact) mass is 398 g/mol. The SMILES string of the molecule is COCCNS(=O)(=O)c1cccc(C(=O)NCc2ccc(C(=O)O)s2)c1. The number of carbonyl (C=O) groups is 2. The molecule has 2 aromatic rings. The van der Waals surface area contributed by atoms with Gasteiger partial charge in [0.05, 0.1) is 18.0 Å². The molecule has 0 fully saturated rings. The summed E-state index contributed by atoms with van der Waals surface area (Å²) in [6.07, 6.45) is 0. The number of amides is 1. The largest absolute Gasteiger partial charge is 0.477 e. The highest BCUT2D eigenvalue weighted by Gasteiger charge is 2.16. The lowest BCUT2D eigenvalue weighted by Gasteiger charge is -2.08. The van der Waals surface area contributed by atoms with E-state index in [1.807, 2.05) is 0 Å². The van der Waals surface area contributed by atoms with E-state index < -0.39 is 21.9 Å². The summed E-state index contributed by atoms with van der Waals surface area (Å²) in [5, 5.41) is 11.5. The second-order valence-electron chi connectivity index (χ2n) is 5.17. The normalized spacial score (nSPS) is 11.3. The zero-order chi connectivity index (χ0) is 19.2. The maximum Gasteiger partial charge on any atom is 0.345 e. The Labute approximate surface area is 154 Å². The highest BCUT2D eigenvalue weighted by molar-refractivity contribution is 7.89. The number of hydrogen-bond donors (Lipinski definition) is 3. The van der Waals surface area contributed by atoms with Crippen molar-refractivity contribution >= 4 is 33.2 Å². The number of carbonyl (C=O) groups excluding carboxylic acids is 1. The smallest absolute Gasteiger partial charge is 0.345 e. The van der Waals surface area contributed by atoms with Crippen LogP contribution in [0.2, 0.25) is 0 Å². The van der Waals surface area contributed by atoms with Crippen molar-refractivity contribution in [3.8, 4) is 0 Å². The first-order valence-electron chi connectivity index (χ1n) is 7.52. The molecule has 26 heavy (non-hydrogen) atoms. The zero-order valence-electron chi connectivity index (χ0n) is 13.9. The Morgan fingerprint density at radius 1 is 1.23 bits per heavy atom. The Kier molecular flexibility index (Phi) is 6.86. The second kappa shape index (κ2) is 8.90. The van der Waals surface area contributed by atoms with Gasteiger partial charge in [-0.15, -0.1) is 11.3 Å². The molecular weight excluding hydrogens is 380 g/mol. The number of aromatic carboxylic acids is 1. The van der Waals surface area contributed by atoms with Crippen LogP contribution in [0.15, 0.2) is 41.3 Å². The van der Waals surface area contributed by atoms with Gasteiger partial charge in [0.2, 0.25) is 10.0 Å². The molecule has 3 N–H and O–H groups in total. The lowest BCUT2D eigenvalue weighted by molar-refractivity contribution is 0.0702. The van der Waals surface area contributed by atoms with E-state index in [0.29, 0.717) is 4.88 Å². The van der Waals surface area contributed by atoms with Crippen LogP contribution in [0.3, 0.4) is 0 Å². The number of sulfonamides is 1. The molecule has 0 aliphatic heterocycles. The number of carboxylic acid groups (broad SMARTS) is 1. The van der Waals surface area contributed by atoms with Gasteiger partial charge in [0.15, 0.2) is 0 Å². The van der Waals surface area contributed by atoms with E-state index in [9.17, 15) is 18.0 Å². The van der Waals surface area contributed by atoms with Crippen molar-refractivity contribution in [3.05, 3.63) is 51.7 Å². The molecule has 140 valence electrons. The summed E-state index contributed by atoms with van der Waals surface area (Å²) in [5.74, 6) is -1.48. The van der Waals surface area contributed by atoms with Crippen LogP contribution in [0.25, 0.3) is 0 Å². The van der Waals surface area contributed by atoms with E-state index in [4.69, 9.17) is 9.84 Å². The Morgan fingerprint density at radius 3 is 2.65 bits per heavy atom. The van der Waals surface area contributed by atoms with Crippen molar-refractivity contribution in [3.63, 3.8) is 0 Å². The minimum Gasteiger partial charge on any atom is -0.477 e. The van der Waals surface area contributed by atoms with E-state index in [-0.39, 0.29) is 35.0 Å². The van der Waals surface area contributed by atoms with Crippen LogP contribution in [-0.2, 0) is 21.3 Å². The third kappa shape index (κ3) is 5.36. The van der Waals surface area contributed by atoms with E-state index in [1.54, 1.807) is 6.07 Å². The van der Waals surface area contributed by atoms with E-state index in [0.717, 1.165) is 11.3 Å². The molecular formula is C16H18N2O6S2. The van der Waals surface area contributed by atoms with Crippen LogP contribution in [0.5, 0.6) is 0 Å². The average molecular weight is 398 g/mol. The Balaban J connectivity index is 2.03. The third-order valence-electron chi connectivity index (χ3n) is 3.30. The van der Waals surface area contributed by atoms with Crippen molar-refractivity contribution in [1.82, 2.24) is 10.0 Å². The summed E-state index contributed by atoms with van der Waals surface area (Å²) < 4.78 is 31.5. The quantitative estimate of drug-likeness (QED) is 0.548. The van der Waals surface area contributed by atoms with E-state index in [1.165, 1.54) is 37.4 Å². The highest BCUT2D eigenvalue weighted by Crippen LogP contribution is 2.16. The number of methoxy groups -OCH3 is 1. The van der Waals surface area contributed by atoms with Crippen LogP contribution >= 0.6 is 11.3 Å². The zero-order valence-corrected chi connectivity index (χ0v) is 15.5. The standard InChI is InChI=1S/C16H18N2O6S2/c1-24-8-7-18-26(22,23)13-4-2-3-11(9-13)15(19)17-10-12-5-6-14(25-12)16(20)21/h2-6,9,18H,7-8,10H2,1H3,(H,17,19)(H,20,21). The molecule has 1 amide bonds. The summed E-state index contributed by atoms with van der Waals surface area (Å²) in [6, 6.07) is 8.74. The molecule has 0 saturated carbocycles. The average Bonchev–Trinajstić information content (AvgIpc) is 3.09. The van der Waals surface area contributed by atoms with Crippen LogP contribution in [0.4, 0.5) is 0 Å². The van der Waals surface area contributed by atoms with Crippen molar-refractivity contribution in [2.45, 2.75) is 11.4 Å². The number of hydrogen-bond acceptors (Lipinski definition) is 6. The van der Waals surface area contributed by atoms with Gasteiger partial charge >= 0.3 is 5.97 Å². The van der Waals surface area contributed by atoms with Crippen molar-refractivity contribution in [2.24, 2.45) is 0 Å².